The lowest BCUT2D eigenvalue weighted by atomic mass is 10.2. The van der Waals surface area contributed by atoms with Gasteiger partial charge >= 0.3 is 0 Å². The van der Waals surface area contributed by atoms with Crippen molar-refractivity contribution in [1.29, 1.82) is 0 Å². The second-order valence-corrected chi connectivity index (χ2v) is 3.83. The Labute approximate surface area is 93.3 Å². The van der Waals surface area contributed by atoms with Crippen LogP contribution in [0.1, 0.15) is 17.4 Å². The largest absolute Gasteiger partial charge is 0.394 e. The molecule has 0 aliphatic heterocycles. The summed E-state index contributed by atoms with van der Waals surface area (Å²) in [5, 5.41) is 12.5. The normalized spacial score (nSPS) is 12.6. The molecular weight excluding hydrogens is 204 g/mol. The number of aliphatic hydroxyl groups excluding tert-OH is 1. The average Bonchev–Trinajstić information content (AvgIpc) is 2.72. The first kappa shape index (κ1) is 10.7. The van der Waals surface area contributed by atoms with Gasteiger partial charge in [-0.15, -0.1) is 0 Å². The van der Waals surface area contributed by atoms with Crippen LogP contribution in [-0.4, -0.2) is 28.6 Å². The third-order valence-electron chi connectivity index (χ3n) is 2.43. The molecule has 1 heterocycles. The fourth-order valence-corrected chi connectivity index (χ4v) is 1.54. The van der Waals surface area contributed by atoms with Gasteiger partial charge in [-0.3, -0.25) is 4.79 Å². The minimum Gasteiger partial charge on any atom is -0.394 e. The smallest absolute Gasteiger partial charge is 0.268 e. The number of carbonyl (C=O) groups excluding carboxylic acids is 1. The minimum atomic E-state index is -0.237. The fourth-order valence-electron chi connectivity index (χ4n) is 1.54. The zero-order valence-corrected chi connectivity index (χ0v) is 9.03. The van der Waals surface area contributed by atoms with E-state index >= 15 is 0 Å². The van der Waals surface area contributed by atoms with E-state index in [0.717, 1.165) is 10.9 Å². The van der Waals surface area contributed by atoms with Crippen LogP contribution in [0.4, 0.5) is 0 Å². The lowest BCUT2D eigenvalue weighted by molar-refractivity contribution is 0.0918. The third kappa shape index (κ3) is 2.06. The third-order valence-corrected chi connectivity index (χ3v) is 2.43. The SMILES string of the molecule is CC(CO)NC(=O)c1cc2ccccc2[nH]1. The van der Waals surface area contributed by atoms with E-state index in [1.165, 1.54) is 0 Å². The van der Waals surface area contributed by atoms with Gasteiger partial charge in [-0.05, 0) is 19.1 Å². The van der Waals surface area contributed by atoms with E-state index < -0.39 is 0 Å². The summed E-state index contributed by atoms with van der Waals surface area (Å²) in [6.07, 6.45) is 0. The molecule has 2 rings (SSSR count). The monoisotopic (exact) mass is 218 g/mol. The molecular formula is C12H14N2O2. The van der Waals surface area contributed by atoms with E-state index in [1.807, 2.05) is 24.3 Å². The first-order valence-corrected chi connectivity index (χ1v) is 5.20. The number of fused-ring (bicyclic) bond motifs is 1. The summed E-state index contributed by atoms with van der Waals surface area (Å²) in [5.74, 6) is -0.197. The second-order valence-electron chi connectivity index (χ2n) is 3.83. The number of rotatable bonds is 3. The van der Waals surface area contributed by atoms with Crippen LogP contribution in [0, 0.1) is 0 Å². The zero-order chi connectivity index (χ0) is 11.5. The number of hydrogen-bond donors (Lipinski definition) is 3. The Morgan fingerprint density at radius 2 is 2.25 bits per heavy atom. The Bertz CT molecular complexity index is 471. The summed E-state index contributed by atoms with van der Waals surface area (Å²) in [6.45, 7) is 1.69. The van der Waals surface area contributed by atoms with Crippen molar-refractivity contribution in [2.75, 3.05) is 6.61 Å². The average molecular weight is 218 g/mol. The van der Waals surface area contributed by atoms with E-state index in [9.17, 15) is 4.79 Å². The summed E-state index contributed by atoms with van der Waals surface area (Å²) in [6, 6.07) is 9.26. The van der Waals surface area contributed by atoms with Crippen LogP contribution in [0.25, 0.3) is 10.9 Å². The molecule has 1 unspecified atom stereocenters. The molecule has 1 aromatic carbocycles. The molecule has 0 spiro atoms. The van der Waals surface area contributed by atoms with Crippen molar-refractivity contribution in [3.8, 4) is 0 Å². The van der Waals surface area contributed by atoms with Gasteiger partial charge in [0, 0.05) is 16.9 Å². The highest BCUT2D eigenvalue weighted by molar-refractivity contribution is 5.98. The predicted molar refractivity (Wildman–Crippen MR) is 62.3 cm³/mol. The highest BCUT2D eigenvalue weighted by atomic mass is 16.3. The summed E-state index contributed by atoms with van der Waals surface area (Å²) in [7, 11) is 0. The second kappa shape index (κ2) is 4.37. The van der Waals surface area contributed by atoms with Crippen LogP contribution in [0.5, 0.6) is 0 Å². The Morgan fingerprint density at radius 3 is 2.94 bits per heavy atom. The maximum Gasteiger partial charge on any atom is 0.268 e. The van der Waals surface area contributed by atoms with Gasteiger partial charge in [0.2, 0.25) is 0 Å². The number of amides is 1. The maximum atomic E-state index is 11.7. The zero-order valence-electron chi connectivity index (χ0n) is 9.03. The van der Waals surface area contributed by atoms with Crippen LogP contribution in [0.3, 0.4) is 0 Å². The van der Waals surface area contributed by atoms with Crippen molar-refractivity contribution in [3.63, 3.8) is 0 Å². The summed E-state index contributed by atoms with van der Waals surface area (Å²) in [4.78, 5) is 14.8. The molecule has 0 fully saturated rings. The number of para-hydroxylation sites is 1. The standard InChI is InChI=1S/C12H14N2O2/c1-8(7-15)13-12(16)11-6-9-4-2-3-5-10(9)14-11/h2-6,8,14-15H,7H2,1H3,(H,13,16). The van der Waals surface area contributed by atoms with Gasteiger partial charge in [0.15, 0.2) is 0 Å². The Hall–Kier alpha value is -1.81. The summed E-state index contributed by atoms with van der Waals surface area (Å²) >= 11 is 0. The quantitative estimate of drug-likeness (QED) is 0.726. The molecule has 3 N–H and O–H groups in total. The van der Waals surface area contributed by atoms with Crippen LogP contribution in [0.15, 0.2) is 30.3 Å². The van der Waals surface area contributed by atoms with E-state index in [-0.39, 0.29) is 18.6 Å². The molecule has 1 amide bonds. The lowest BCUT2D eigenvalue weighted by Gasteiger charge is -2.08. The van der Waals surface area contributed by atoms with Crippen molar-refractivity contribution in [2.24, 2.45) is 0 Å². The number of aromatic amines is 1. The van der Waals surface area contributed by atoms with Gasteiger partial charge in [-0.2, -0.15) is 0 Å². The molecule has 2 aromatic rings. The van der Waals surface area contributed by atoms with Gasteiger partial charge in [-0.25, -0.2) is 0 Å². The van der Waals surface area contributed by atoms with Crippen LogP contribution in [-0.2, 0) is 0 Å². The number of aromatic nitrogens is 1. The van der Waals surface area contributed by atoms with E-state index in [2.05, 4.69) is 10.3 Å². The molecule has 4 nitrogen and oxygen atoms in total. The molecule has 0 aliphatic rings. The maximum absolute atomic E-state index is 11.7. The molecule has 84 valence electrons. The molecule has 0 saturated heterocycles. The van der Waals surface area contributed by atoms with Gasteiger partial charge in [-0.1, -0.05) is 18.2 Å². The van der Waals surface area contributed by atoms with Crippen molar-refractivity contribution in [2.45, 2.75) is 13.0 Å². The molecule has 4 heteroatoms. The molecule has 1 aromatic heterocycles. The number of aliphatic hydroxyl groups is 1. The highest BCUT2D eigenvalue weighted by Gasteiger charge is 2.11. The van der Waals surface area contributed by atoms with Crippen LogP contribution < -0.4 is 5.32 Å². The first-order chi connectivity index (χ1) is 7.70. The highest BCUT2D eigenvalue weighted by Crippen LogP contribution is 2.14. The van der Waals surface area contributed by atoms with Crippen molar-refractivity contribution in [3.05, 3.63) is 36.0 Å². The number of benzene rings is 1. The molecule has 1 atom stereocenters. The topological polar surface area (TPSA) is 65.1 Å². The number of carbonyl (C=O) groups is 1. The molecule has 16 heavy (non-hydrogen) atoms. The number of H-pyrrole nitrogens is 1. The van der Waals surface area contributed by atoms with Crippen molar-refractivity contribution in [1.82, 2.24) is 10.3 Å². The molecule has 0 radical (unpaired) electrons. The Morgan fingerprint density at radius 1 is 1.50 bits per heavy atom. The first-order valence-electron chi connectivity index (χ1n) is 5.20. The van der Waals surface area contributed by atoms with Crippen LogP contribution in [0.2, 0.25) is 0 Å². The van der Waals surface area contributed by atoms with Gasteiger partial charge in [0.25, 0.3) is 5.91 Å². The number of hydrogen-bond acceptors (Lipinski definition) is 2. The van der Waals surface area contributed by atoms with Crippen molar-refractivity contribution < 1.29 is 9.90 Å². The summed E-state index contributed by atoms with van der Waals surface area (Å²) < 4.78 is 0. The molecule has 0 bridgehead atoms. The van der Waals surface area contributed by atoms with E-state index in [0.29, 0.717) is 5.69 Å². The van der Waals surface area contributed by atoms with Gasteiger partial charge in [0.05, 0.1) is 6.61 Å². The lowest BCUT2D eigenvalue weighted by Crippen LogP contribution is -2.35. The predicted octanol–water partition coefficient (Wildman–Crippen LogP) is 1.28. The molecule has 0 saturated carbocycles. The Kier molecular flexibility index (Phi) is 2.92. The van der Waals surface area contributed by atoms with E-state index in [1.54, 1.807) is 13.0 Å². The Balaban J connectivity index is 2.23. The van der Waals surface area contributed by atoms with Gasteiger partial charge in [0.1, 0.15) is 5.69 Å². The summed E-state index contributed by atoms with van der Waals surface area (Å²) in [5.41, 5.74) is 1.45. The fraction of sp³-hybridized carbons (Fsp3) is 0.250. The molecule has 0 aliphatic carbocycles. The van der Waals surface area contributed by atoms with Crippen molar-refractivity contribution >= 4 is 16.8 Å². The van der Waals surface area contributed by atoms with E-state index in [4.69, 9.17) is 5.11 Å². The minimum absolute atomic E-state index is 0.0635. The van der Waals surface area contributed by atoms with Gasteiger partial charge < -0.3 is 15.4 Å². The number of nitrogens with one attached hydrogen (secondary N) is 2. The van der Waals surface area contributed by atoms with Crippen LogP contribution >= 0.6 is 0 Å².